The SMILES string of the molecule is Cc1ccc(/C=C/C(=O)O)cc1-n1ccc(C(F)(F)F)n1. The third kappa shape index (κ3) is 3.50. The van der Waals surface area contributed by atoms with Gasteiger partial charge in [0.25, 0.3) is 0 Å². The first kappa shape index (κ1) is 14.8. The first-order valence-corrected chi connectivity index (χ1v) is 5.92. The number of aryl methyl sites for hydroxylation is 1. The largest absolute Gasteiger partial charge is 0.478 e. The number of nitrogens with zero attached hydrogens (tertiary/aromatic N) is 2. The lowest BCUT2D eigenvalue weighted by Crippen LogP contribution is -2.07. The Balaban J connectivity index is 2.41. The molecule has 0 fully saturated rings. The number of carbonyl (C=O) groups is 1. The van der Waals surface area contributed by atoms with Crippen molar-refractivity contribution in [2.24, 2.45) is 0 Å². The second kappa shape index (κ2) is 5.43. The molecule has 0 spiro atoms. The average molecular weight is 296 g/mol. The Morgan fingerprint density at radius 3 is 2.62 bits per heavy atom. The van der Waals surface area contributed by atoms with Crippen molar-refractivity contribution in [3.8, 4) is 5.69 Å². The van der Waals surface area contributed by atoms with Crippen LogP contribution in [0.1, 0.15) is 16.8 Å². The van der Waals surface area contributed by atoms with E-state index in [4.69, 9.17) is 5.11 Å². The summed E-state index contributed by atoms with van der Waals surface area (Å²) < 4.78 is 38.8. The Morgan fingerprint density at radius 2 is 2.05 bits per heavy atom. The molecule has 0 aliphatic rings. The number of rotatable bonds is 3. The maximum absolute atomic E-state index is 12.6. The van der Waals surface area contributed by atoms with Crippen molar-refractivity contribution in [3.05, 3.63) is 53.4 Å². The van der Waals surface area contributed by atoms with Crippen LogP contribution in [0.3, 0.4) is 0 Å². The first-order valence-electron chi connectivity index (χ1n) is 5.92. The van der Waals surface area contributed by atoms with Gasteiger partial charge in [0.1, 0.15) is 0 Å². The minimum absolute atomic E-state index is 0.457. The molecule has 0 aliphatic carbocycles. The number of aliphatic carboxylic acids is 1. The fourth-order valence-electron chi connectivity index (χ4n) is 1.75. The molecule has 1 aromatic carbocycles. The van der Waals surface area contributed by atoms with Gasteiger partial charge in [0.15, 0.2) is 5.69 Å². The van der Waals surface area contributed by atoms with Crippen molar-refractivity contribution >= 4 is 12.0 Å². The van der Waals surface area contributed by atoms with E-state index in [-0.39, 0.29) is 0 Å². The Hall–Kier alpha value is -2.57. The van der Waals surface area contributed by atoms with Gasteiger partial charge in [-0.05, 0) is 36.3 Å². The average Bonchev–Trinajstić information content (AvgIpc) is 2.87. The molecule has 1 N–H and O–H groups in total. The molecule has 0 saturated heterocycles. The number of aromatic nitrogens is 2. The van der Waals surface area contributed by atoms with Crippen LogP contribution in [0.25, 0.3) is 11.8 Å². The fourth-order valence-corrected chi connectivity index (χ4v) is 1.75. The molecule has 0 amide bonds. The molecule has 21 heavy (non-hydrogen) atoms. The van der Waals surface area contributed by atoms with Crippen LogP contribution in [-0.4, -0.2) is 20.9 Å². The number of hydrogen-bond acceptors (Lipinski definition) is 2. The van der Waals surface area contributed by atoms with E-state index in [0.717, 1.165) is 22.4 Å². The van der Waals surface area contributed by atoms with Gasteiger partial charge in [0, 0.05) is 12.3 Å². The van der Waals surface area contributed by atoms with Crippen LogP contribution in [0.15, 0.2) is 36.5 Å². The first-order chi connectivity index (χ1) is 9.77. The summed E-state index contributed by atoms with van der Waals surface area (Å²) in [5.74, 6) is -1.10. The van der Waals surface area contributed by atoms with Crippen molar-refractivity contribution < 1.29 is 23.1 Å². The van der Waals surface area contributed by atoms with Gasteiger partial charge in [0.2, 0.25) is 0 Å². The summed E-state index contributed by atoms with van der Waals surface area (Å²) in [7, 11) is 0. The van der Waals surface area contributed by atoms with Crippen molar-refractivity contribution in [1.29, 1.82) is 0 Å². The quantitative estimate of drug-likeness (QED) is 0.884. The lowest BCUT2D eigenvalue weighted by molar-refractivity contribution is -0.141. The van der Waals surface area contributed by atoms with Crippen molar-refractivity contribution in [2.45, 2.75) is 13.1 Å². The molecule has 1 aromatic heterocycles. The molecule has 2 aromatic rings. The Bertz CT molecular complexity index is 702. The van der Waals surface area contributed by atoms with Crippen LogP contribution in [0.5, 0.6) is 0 Å². The fraction of sp³-hybridized carbons (Fsp3) is 0.143. The highest BCUT2D eigenvalue weighted by molar-refractivity contribution is 5.85. The third-order valence-electron chi connectivity index (χ3n) is 2.78. The van der Waals surface area contributed by atoms with E-state index >= 15 is 0 Å². The normalized spacial score (nSPS) is 12.0. The van der Waals surface area contributed by atoms with Crippen LogP contribution in [-0.2, 0) is 11.0 Å². The summed E-state index contributed by atoms with van der Waals surface area (Å²) >= 11 is 0. The van der Waals surface area contributed by atoms with Gasteiger partial charge >= 0.3 is 12.1 Å². The molecule has 0 aliphatic heterocycles. The molecule has 7 heteroatoms. The zero-order chi connectivity index (χ0) is 15.6. The van der Waals surface area contributed by atoms with Crippen LogP contribution in [0.4, 0.5) is 13.2 Å². The second-order valence-corrected chi connectivity index (χ2v) is 4.36. The zero-order valence-corrected chi connectivity index (χ0v) is 10.9. The molecule has 1 heterocycles. The molecule has 0 unspecified atom stereocenters. The highest BCUT2D eigenvalue weighted by Crippen LogP contribution is 2.28. The molecule has 2 rings (SSSR count). The highest BCUT2D eigenvalue weighted by Gasteiger charge is 2.33. The standard InChI is InChI=1S/C14H11F3N2O2/c1-9-2-3-10(4-5-13(20)21)8-11(9)19-7-6-12(18-19)14(15,16)17/h2-8H,1H3,(H,20,21)/b5-4+. The van der Waals surface area contributed by atoms with Gasteiger partial charge in [-0.25, -0.2) is 9.48 Å². The smallest absolute Gasteiger partial charge is 0.435 e. The van der Waals surface area contributed by atoms with Crippen LogP contribution in [0, 0.1) is 6.92 Å². The van der Waals surface area contributed by atoms with E-state index in [9.17, 15) is 18.0 Å². The predicted molar refractivity (Wildman–Crippen MR) is 70.0 cm³/mol. The van der Waals surface area contributed by atoms with Gasteiger partial charge in [-0.15, -0.1) is 0 Å². The Morgan fingerprint density at radius 1 is 1.33 bits per heavy atom. The topological polar surface area (TPSA) is 55.1 Å². The summed E-state index contributed by atoms with van der Waals surface area (Å²) in [6.45, 7) is 1.73. The molecule has 4 nitrogen and oxygen atoms in total. The monoisotopic (exact) mass is 296 g/mol. The third-order valence-corrected chi connectivity index (χ3v) is 2.78. The van der Waals surface area contributed by atoms with E-state index in [2.05, 4.69) is 5.10 Å². The maximum atomic E-state index is 12.6. The van der Waals surface area contributed by atoms with Crippen molar-refractivity contribution in [3.63, 3.8) is 0 Å². The Labute approximate surface area is 118 Å². The van der Waals surface area contributed by atoms with E-state index in [1.165, 1.54) is 12.3 Å². The van der Waals surface area contributed by atoms with E-state index in [0.29, 0.717) is 11.3 Å². The number of carboxylic acid groups (broad SMARTS) is 1. The molecular formula is C14H11F3N2O2. The number of hydrogen-bond donors (Lipinski definition) is 1. The predicted octanol–water partition coefficient (Wildman–Crippen LogP) is 3.30. The summed E-state index contributed by atoms with van der Waals surface area (Å²) in [5, 5.41) is 12.1. The van der Waals surface area contributed by atoms with Crippen molar-refractivity contribution in [1.82, 2.24) is 9.78 Å². The van der Waals surface area contributed by atoms with Crippen molar-refractivity contribution in [2.75, 3.05) is 0 Å². The van der Waals surface area contributed by atoms with Gasteiger partial charge in [-0.3, -0.25) is 0 Å². The van der Waals surface area contributed by atoms with Crippen LogP contribution >= 0.6 is 0 Å². The molecule has 0 atom stereocenters. The number of carboxylic acids is 1. The lowest BCUT2D eigenvalue weighted by atomic mass is 10.1. The second-order valence-electron chi connectivity index (χ2n) is 4.36. The van der Waals surface area contributed by atoms with Gasteiger partial charge in [-0.1, -0.05) is 12.1 Å². The number of benzene rings is 1. The minimum Gasteiger partial charge on any atom is -0.478 e. The van der Waals surface area contributed by atoms with Gasteiger partial charge < -0.3 is 5.11 Å². The van der Waals surface area contributed by atoms with E-state index in [1.807, 2.05) is 0 Å². The Kier molecular flexibility index (Phi) is 3.84. The summed E-state index contributed by atoms with van der Waals surface area (Å²) in [4.78, 5) is 10.5. The van der Waals surface area contributed by atoms with Crippen LogP contribution in [0.2, 0.25) is 0 Å². The number of alkyl halides is 3. The van der Waals surface area contributed by atoms with E-state index in [1.54, 1.807) is 25.1 Å². The molecular weight excluding hydrogens is 285 g/mol. The summed E-state index contributed by atoms with van der Waals surface area (Å²) in [5.41, 5.74) is 0.757. The molecule has 0 bridgehead atoms. The summed E-state index contributed by atoms with van der Waals surface area (Å²) in [6, 6.07) is 5.82. The lowest BCUT2D eigenvalue weighted by Gasteiger charge is -2.07. The molecule has 0 saturated carbocycles. The molecule has 0 radical (unpaired) electrons. The summed E-state index contributed by atoms with van der Waals surface area (Å²) in [6.07, 6.45) is -0.964. The minimum atomic E-state index is -4.50. The molecule has 110 valence electrons. The van der Waals surface area contributed by atoms with E-state index < -0.39 is 17.8 Å². The highest BCUT2D eigenvalue weighted by atomic mass is 19.4. The van der Waals surface area contributed by atoms with Crippen LogP contribution < -0.4 is 0 Å². The van der Waals surface area contributed by atoms with Gasteiger partial charge in [0.05, 0.1) is 5.69 Å². The van der Waals surface area contributed by atoms with Gasteiger partial charge in [-0.2, -0.15) is 18.3 Å². The number of halogens is 3. The maximum Gasteiger partial charge on any atom is 0.435 e. The zero-order valence-electron chi connectivity index (χ0n) is 10.9.